The first-order valence-corrected chi connectivity index (χ1v) is 4.14. The number of oxazole rings is 1. The van der Waals surface area contributed by atoms with Gasteiger partial charge in [0.05, 0.1) is 5.56 Å². The van der Waals surface area contributed by atoms with Gasteiger partial charge in [-0.15, -0.1) is 0 Å². The molecule has 0 bridgehead atoms. The number of aromatic nitrogens is 1. The Morgan fingerprint density at radius 2 is 2.27 bits per heavy atom. The van der Waals surface area contributed by atoms with Crippen LogP contribution in [0.25, 0.3) is 11.1 Å². The Kier molecular flexibility index (Phi) is 1.96. The lowest BCUT2D eigenvalue weighted by atomic mass is 10.1. The zero-order chi connectivity index (χ0) is 11.0. The van der Waals surface area contributed by atoms with Gasteiger partial charge in [0.2, 0.25) is 5.52 Å². The normalized spacial score (nSPS) is 10.5. The summed E-state index contributed by atoms with van der Waals surface area (Å²) in [6.45, 7) is 1.37. The van der Waals surface area contributed by atoms with E-state index in [0.717, 1.165) is 0 Å². The first kappa shape index (κ1) is 9.32. The van der Waals surface area contributed by atoms with E-state index in [0.29, 0.717) is 5.56 Å². The summed E-state index contributed by atoms with van der Waals surface area (Å²) in [4.78, 5) is 24.5. The van der Waals surface area contributed by atoms with Crippen molar-refractivity contribution in [3.63, 3.8) is 0 Å². The highest BCUT2D eigenvalue weighted by Gasteiger charge is 2.21. The fourth-order valence-electron chi connectivity index (χ4n) is 1.30. The van der Waals surface area contributed by atoms with Gasteiger partial charge in [0.25, 0.3) is 0 Å². The first-order chi connectivity index (χ1) is 7.09. The van der Waals surface area contributed by atoms with Crippen LogP contribution < -0.4 is 0 Å². The molecule has 0 aliphatic carbocycles. The number of nitro groups is 1. The Morgan fingerprint density at radius 1 is 1.53 bits per heavy atom. The van der Waals surface area contributed by atoms with Crippen molar-refractivity contribution in [1.82, 2.24) is 4.98 Å². The number of hydrogen-bond acceptors (Lipinski definition) is 5. The molecule has 1 heterocycles. The van der Waals surface area contributed by atoms with Crippen LogP contribution in [0, 0.1) is 10.1 Å². The third-order valence-corrected chi connectivity index (χ3v) is 1.94. The van der Waals surface area contributed by atoms with Gasteiger partial charge < -0.3 is 14.5 Å². The summed E-state index contributed by atoms with van der Waals surface area (Å²) in [7, 11) is 0. The Labute approximate surface area is 83.7 Å². The lowest BCUT2D eigenvalue weighted by Crippen LogP contribution is -1.93. The van der Waals surface area contributed by atoms with E-state index in [-0.39, 0.29) is 16.9 Å². The molecule has 1 aromatic carbocycles. The molecule has 0 unspecified atom stereocenters. The zero-order valence-corrected chi connectivity index (χ0v) is 7.76. The zero-order valence-electron chi connectivity index (χ0n) is 7.76. The summed E-state index contributed by atoms with van der Waals surface area (Å²) < 4.78 is 4.86. The highest BCUT2D eigenvalue weighted by molar-refractivity contribution is 6.04. The summed E-state index contributed by atoms with van der Waals surface area (Å²) >= 11 is 0. The summed E-state index contributed by atoms with van der Waals surface area (Å²) in [6.07, 6.45) is 0. The quantitative estimate of drug-likeness (QED) is 0.425. The Bertz CT molecular complexity index is 558. The topological polar surface area (TPSA) is 86.2 Å². The third kappa shape index (κ3) is 1.45. The van der Waals surface area contributed by atoms with Crippen molar-refractivity contribution in [2.24, 2.45) is 0 Å². The molecule has 76 valence electrons. The number of para-hydroxylation sites is 1. The highest BCUT2D eigenvalue weighted by Crippen LogP contribution is 2.23. The number of ketones is 1. The SMILES string of the molecule is CC(=O)c1cccc2oc([N+](=O)[O-])nc12. The van der Waals surface area contributed by atoms with Gasteiger partial charge in [-0.2, -0.15) is 0 Å². The molecule has 0 fully saturated rings. The van der Waals surface area contributed by atoms with E-state index < -0.39 is 10.9 Å². The minimum atomic E-state index is -0.732. The molecule has 15 heavy (non-hydrogen) atoms. The Balaban J connectivity index is 2.75. The van der Waals surface area contributed by atoms with Crippen LogP contribution in [0.5, 0.6) is 0 Å². The summed E-state index contributed by atoms with van der Waals surface area (Å²) in [5, 5.41) is 10.4. The highest BCUT2D eigenvalue weighted by atomic mass is 16.7. The average Bonchev–Trinajstić information content (AvgIpc) is 2.60. The number of carbonyl (C=O) groups is 1. The van der Waals surface area contributed by atoms with E-state index in [2.05, 4.69) is 4.98 Å². The van der Waals surface area contributed by atoms with Crippen LogP contribution in [0.4, 0.5) is 6.01 Å². The van der Waals surface area contributed by atoms with Crippen LogP contribution in [0.3, 0.4) is 0 Å². The Morgan fingerprint density at radius 3 is 2.87 bits per heavy atom. The third-order valence-electron chi connectivity index (χ3n) is 1.94. The molecule has 0 aliphatic heterocycles. The van der Waals surface area contributed by atoms with E-state index in [1.807, 2.05) is 0 Å². The van der Waals surface area contributed by atoms with Gasteiger partial charge in [-0.1, -0.05) is 6.07 Å². The molecule has 6 nitrogen and oxygen atoms in total. The second-order valence-electron chi connectivity index (χ2n) is 2.96. The molecule has 0 saturated carbocycles. The molecule has 0 N–H and O–H groups in total. The summed E-state index contributed by atoms with van der Waals surface area (Å²) in [6, 6.07) is 4.07. The molecule has 1 aromatic heterocycles. The van der Waals surface area contributed by atoms with Gasteiger partial charge in [0, 0.05) is 9.91 Å². The molecule has 2 rings (SSSR count). The van der Waals surface area contributed by atoms with E-state index in [1.54, 1.807) is 12.1 Å². The summed E-state index contributed by atoms with van der Waals surface area (Å²) in [5.41, 5.74) is 0.801. The largest absolute Gasteiger partial charge is 0.546 e. The number of hydrogen-bond donors (Lipinski definition) is 0. The minimum Gasteiger partial charge on any atom is -0.381 e. The van der Waals surface area contributed by atoms with Crippen molar-refractivity contribution in [3.8, 4) is 0 Å². The van der Waals surface area contributed by atoms with E-state index in [1.165, 1.54) is 13.0 Å². The molecule has 0 aliphatic rings. The van der Waals surface area contributed by atoms with Gasteiger partial charge in [0.1, 0.15) is 0 Å². The fraction of sp³-hybridized carbons (Fsp3) is 0.111. The lowest BCUT2D eigenvalue weighted by molar-refractivity contribution is -0.406. The molecule has 6 heteroatoms. The van der Waals surface area contributed by atoms with Gasteiger partial charge >= 0.3 is 6.01 Å². The van der Waals surface area contributed by atoms with Crippen LogP contribution in [0.15, 0.2) is 22.6 Å². The van der Waals surface area contributed by atoms with Crippen LogP contribution in [0.1, 0.15) is 17.3 Å². The van der Waals surface area contributed by atoms with Crippen molar-refractivity contribution in [2.45, 2.75) is 6.92 Å². The van der Waals surface area contributed by atoms with Gasteiger partial charge in [-0.05, 0) is 19.1 Å². The van der Waals surface area contributed by atoms with E-state index >= 15 is 0 Å². The second-order valence-corrected chi connectivity index (χ2v) is 2.96. The molecule has 0 radical (unpaired) electrons. The smallest absolute Gasteiger partial charge is 0.381 e. The number of fused-ring (bicyclic) bond motifs is 1. The first-order valence-electron chi connectivity index (χ1n) is 4.14. The van der Waals surface area contributed by atoms with Gasteiger partial charge in [0.15, 0.2) is 11.4 Å². The molecular weight excluding hydrogens is 200 g/mol. The predicted octanol–water partition coefficient (Wildman–Crippen LogP) is 1.94. The second kappa shape index (κ2) is 3.16. The van der Waals surface area contributed by atoms with Gasteiger partial charge in [-0.25, -0.2) is 0 Å². The van der Waals surface area contributed by atoms with Crippen LogP contribution >= 0.6 is 0 Å². The standard InChI is InChI=1S/C9H6N2O4/c1-5(12)6-3-2-4-7-8(6)10-9(15-7)11(13)14/h2-4H,1H3. The van der Waals surface area contributed by atoms with Crippen molar-refractivity contribution < 1.29 is 14.1 Å². The molecule has 0 amide bonds. The molecule has 0 atom stereocenters. The summed E-state index contributed by atoms with van der Waals surface area (Å²) in [5.74, 6) is -0.205. The van der Waals surface area contributed by atoms with Crippen LogP contribution in [-0.4, -0.2) is 15.7 Å². The van der Waals surface area contributed by atoms with Crippen LogP contribution in [0.2, 0.25) is 0 Å². The maximum Gasteiger partial charge on any atom is 0.546 e. The molecule has 2 aromatic rings. The molecule has 0 saturated heterocycles. The average molecular weight is 206 g/mol. The number of carbonyl (C=O) groups excluding carboxylic acids is 1. The monoisotopic (exact) mass is 206 g/mol. The Hall–Kier alpha value is -2.24. The fourth-order valence-corrected chi connectivity index (χ4v) is 1.30. The van der Waals surface area contributed by atoms with Gasteiger partial charge in [-0.3, -0.25) is 4.79 Å². The molecular formula is C9H6N2O4. The number of Topliss-reactive ketones (excluding diaryl/α,β-unsaturated/α-hetero) is 1. The maximum atomic E-state index is 11.2. The van der Waals surface area contributed by atoms with E-state index in [4.69, 9.17) is 4.42 Å². The van der Waals surface area contributed by atoms with Crippen molar-refractivity contribution >= 4 is 22.9 Å². The van der Waals surface area contributed by atoms with Crippen LogP contribution in [-0.2, 0) is 0 Å². The maximum absolute atomic E-state index is 11.2. The van der Waals surface area contributed by atoms with Crippen molar-refractivity contribution in [2.75, 3.05) is 0 Å². The lowest BCUT2D eigenvalue weighted by Gasteiger charge is -1.89. The molecule has 0 spiro atoms. The van der Waals surface area contributed by atoms with E-state index in [9.17, 15) is 14.9 Å². The van der Waals surface area contributed by atoms with Crippen molar-refractivity contribution in [3.05, 3.63) is 33.9 Å². The number of rotatable bonds is 2. The minimum absolute atomic E-state index is 0.205. The predicted molar refractivity (Wildman–Crippen MR) is 50.7 cm³/mol. The number of benzene rings is 1. The van der Waals surface area contributed by atoms with Crippen molar-refractivity contribution in [1.29, 1.82) is 0 Å². The number of nitrogens with zero attached hydrogens (tertiary/aromatic N) is 2.